The zero-order chi connectivity index (χ0) is 64.3. The number of anilines is 6. The fourth-order valence-corrected chi connectivity index (χ4v) is 17.8. The summed E-state index contributed by atoms with van der Waals surface area (Å²) in [5.74, 6) is -1.18. The van der Waals surface area contributed by atoms with Gasteiger partial charge in [-0.2, -0.15) is 26.2 Å². The van der Waals surface area contributed by atoms with E-state index < -0.39 is 11.7 Å². The third kappa shape index (κ3) is 10.2. The van der Waals surface area contributed by atoms with Crippen molar-refractivity contribution in [3.8, 4) is 22.3 Å². The number of carbonyl (C=O) groups is 4. The number of benzene rings is 8. The average molecular weight is 1300 g/mol. The maximum Gasteiger partial charge on any atom is 0.243 e. The molecule has 7 atom stereocenters. The molecule has 0 aliphatic heterocycles. The molecule has 0 radical (unpaired) electrons. The molecule has 4 aromatic heterocycles. The van der Waals surface area contributed by atoms with Gasteiger partial charge in [0, 0.05) is 85.9 Å². The van der Waals surface area contributed by atoms with Gasteiger partial charge in [-0.05, 0) is 198 Å². The molecule has 0 bridgehead atoms. The number of hydrogen-bond acceptors (Lipinski definition) is 18. The summed E-state index contributed by atoms with van der Waals surface area (Å²) in [5.41, 5.74) is 20.5. The largest absolute Gasteiger partial charge is 0.311 e. The van der Waals surface area contributed by atoms with Crippen LogP contribution in [-0.4, -0.2) is 65.8 Å². The summed E-state index contributed by atoms with van der Waals surface area (Å²) in [6.45, 7) is 8.50. The highest BCUT2D eigenvalue weighted by atomic mass is 32.1. The Morgan fingerprint density at radius 1 is 0.421 bits per heavy atom. The first-order valence-electron chi connectivity index (χ1n) is 32.8. The van der Waals surface area contributed by atoms with Crippen LogP contribution >= 0.6 is 35.2 Å². The summed E-state index contributed by atoms with van der Waals surface area (Å²) in [5, 5.41) is 1.64. The molecule has 8 aromatic carbocycles. The number of aromatic nitrogens is 7. The van der Waals surface area contributed by atoms with Crippen LogP contribution in [0.2, 0.25) is 0 Å². The van der Waals surface area contributed by atoms with Crippen LogP contribution in [0, 0.1) is 63.2 Å². The number of pyridine rings is 1. The standard InChI is InChI=1S/C77H63N11O4S3/c1-40-9-22-49(23-10-40)87(50-24-11-41(2)12-25-50)52-31-20-45(21-32-52)63-39-78-77(71-68(63)84-95-86-71)80-69-59-34-46-16-17-47(33-48(46)35-62(59)75(91)76(69)92)57-36-54(28-15-43(57)4)88(51-26-13-42(3)14-27-51)53-29-18-44(19-30-53)58-37-60-61(66-65(58)81-93-82-66)38-64(70-67(60)83-94-85-70)79-72-73(89)55-7-5-6-8-56(55)74(72)90/h9-15,18-32,36-39,46-48,55-56,59,62H,5-8,16-17,33-35H2,1-4H3. The van der Waals surface area contributed by atoms with Gasteiger partial charge in [0.1, 0.15) is 33.1 Å². The van der Waals surface area contributed by atoms with E-state index in [0.717, 1.165) is 159 Å². The lowest BCUT2D eigenvalue weighted by molar-refractivity contribution is -0.135. The number of rotatable bonds is 11. The quantitative estimate of drug-likeness (QED) is 0.111. The van der Waals surface area contributed by atoms with E-state index >= 15 is 0 Å². The van der Waals surface area contributed by atoms with Crippen LogP contribution in [0.15, 0.2) is 168 Å². The average Bonchev–Trinajstić information content (AvgIpc) is 1.66. The third-order valence-electron chi connectivity index (χ3n) is 21.1. The van der Waals surface area contributed by atoms with Crippen molar-refractivity contribution in [2.45, 2.75) is 91.4 Å². The molecule has 18 heteroatoms. The van der Waals surface area contributed by atoms with Crippen LogP contribution in [0.25, 0.3) is 66.1 Å². The molecule has 7 unspecified atom stereocenters. The molecule has 5 saturated carbocycles. The van der Waals surface area contributed by atoms with E-state index in [4.69, 9.17) is 32.5 Å². The van der Waals surface area contributed by atoms with E-state index in [2.05, 4.69) is 192 Å². The van der Waals surface area contributed by atoms with Gasteiger partial charge in [0.05, 0.1) is 46.6 Å². The molecular formula is C77H63N11O4S3. The molecule has 17 rings (SSSR count). The number of ketones is 4. The Labute approximate surface area is 560 Å². The molecular weight excluding hydrogens is 1240 g/mol. The Hall–Kier alpha value is -9.75. The monoisotopic (exact) mass is 1300 g/mol. The second kappa shape index (κ2) is 23.6. The van der Waals surface area contributed by atoms with Crippen LogP contribution in [-0.2, 0) is 19.2 Å². The molecule has 0 saturated heterocycles. The van der Waals surface area contributed by atoms with Gasteiger partial charge in [-0.25, -0.2) is 15.0 Å². The minimum atomic E-state index is -0.496. The number of aryl methyl sites for hydroxylation is 4. The molecule has 0 spiro atoms. The molecule has 468 valence electrons. The number of hydrogen-bond donors (Lipinski definition) is 0. The summed E-state index contributed by atoms with van der Waals surface area (Å²) < 4.78 is 28.5. The van der Waals surface area contributed by atoms with Crippen molar-refractivity contribution >= 4 is 159 Å². The Balaban J connectivity index is 0.626. The van der Waals surface area contributed by atoms with E-state index in [1.807, 2.05) is 6.07 Å². The first-order chi connectivity index (χ1) is 46.4. The highest BCUT2D eigenvalue weighted by molar-refractivity contribution is 7.00. The Kier molecular flexibility index (Phi) is 14.7. The van der Waals surface area contributed by atoms with Crippen molar-refractivity contribution in [1.29, 1.82) is 0 Å². The Morgan fingerprint density at radius 2 is 0.905 bits per heavy atom. The van der Waals surface area contributed by atoms with Crippen molar-refractivity contribution in [1.82, 2.24) is 31.2 Å². The zero-order valence-electron chi connectivity index (χ0n) is 52.7. The number of Topliss-reactive ketones (excluding diaryl/α,β-unsaturated/α-hetero) is 4. The predicted molar refractivity (Wildman–Crippen MR) is 380 cm³/mol. The summed E-state index contributed by atoms with van der Waals surface area (Å²) in [6, 6.07) is 53.5. The molecule has 5 aliphatic rings. The number of fused-ring (bicyclic) bond motifs is 9. The highest BCUT2D eigenvalue weighted by Gasteiger charge is 2.53. The normalized spacial score (nSPS) is 21.5. The number of carbonyl (C=O) groups excluding carboxylic acids is 4. The van der Waals surface area contributed by atoms with Gasteiger partial charge in [0.2, 0.25) is 11.6 Å². The molecule has 0 amide bonds. The van der Waals surface area contributed by atoms with Crippen molar-refractivity contribution < 1.29 is 19.2 Å². The Bertz CT molecular complexity index is 5120. The minimum Gasteiger partial charge on any atom is -0.311 e. The molecule has 5 aliphatic carbocycles. The lowest BCUT2D eigenvalue weighted by Gasteiger charge is -2.43. The van der Waals surface area contributed by atoms with E-state index in [1.54, 1.807) is 6.20 Å². The third-order valence-corrected chi connectivity index (χ3v) is 22.7. The first kappa shape index (κ1) is 59.0. The molecule has 12 aromatic rings. The van der Waals surface area contributed by atoms with Crippen LogP contribution in [0.4, 0.5) is 45.6 Å². The van der Waals surface area contributed by atoms with Crippen LogP contribution in [0.1, 0.15) is 91.5 Å². The SMILES string of the molecule is Cc1ccc(N(c2ccc(C)cc2)c2ccc(-c3cnc(N=C4C(=O)C(=O)C5CC6CC(c7cc(N(c8ccc(C)cc8)c8ccc(-c9cc%10c(cc(N=C%11C(=O)C%12CCCCC%12C%11=O)c%11nsnc%11%10)c%10nsnc9%10)cc8)ccc7C)CCC6CC45)c4nsnc34)cc2)cc1. The van der Waals surface area contributed by atoms with Gasteiger partial charge in [0.15, 0.2) is 23.1 Å². The number of aliphatic imine (C=N–C) groups is 2. The van der Waals surface area contributed by atoms with Gasteiger partial charge in [-0.15, -0.1) is 0 Å². The molecule has 0 N–H and O–H groups in total. The van der Waals surface area contributed by atoms with Crippen molar-refractivity contribution in [3.63, 3.8) is 0 Å². The lowest BCUT2D eigenvalue weighted by Crippen LogP contribution is -2.37. The van der Waals surface area contributed by atoms with Crippen LogP contribution < -0.4 is 9.80 Å². The van der Waals surface area contributed by atoms with Crippen LogP contribution in [0.3, 0.4) is 0 Å². The van der Waals surface area contributed by atoms with E-state index in [9.17, 15) is 19.2 Å². The molecule has 4 heterocycles. The summed E-state index contributed by atoms with van der Waals surface area (Å²) in [6.07, 6.45) is 9.42. The topological polar surface area (TPSA) is 190 Å². The van der Waals surface area contributed by atoms with Crippen molar-refractivity contribution in [2.24, 2.45) is 45.5 Å². The minimum absolute atomic E-state index is 0.0316. The van der Waals surface area contributed by atoms with Crippen molar-refractivity contribution in [3.05, 3.63) is 186 Å². The Morgan fingerprint density at radius 3 is 1.51 bits per heavy atom. The summed E-state index contributed by atoms with van der Waals surface area (Å²) in [4.78, 5) is 74.8. The highest BCUT2D eigenvalue weighted by Crippen LogP contribution is 2.54. The fraction of sp³-hybridized carbons (Fsp3) is 0.260. The summed E-state index contributed by atoms with van der Waals surface area (Å²) >= 11 is 3.31. The second-order valence-electron chi connectivity index (χ2n) is 26.7. The lowest BCUT2D eigenvalue weighted by atomic mass is 9.61. The molecule has 95 heavy (non-hydrogen) atoms. The smallest absolute Gasteiger partial charge is 0.243 e. The maximum absolute atomic E-state index is 14.2. The predicted octanol–water partition coefficient (Wildman–Crippen LogP) is 18.2. The van der Waals surface area contributed by atoms with Crippen molar-refractivity contribution in [2.75, 3.05) is 9.80 Å². The molecule has 5 fully saturated rings. The molecule has 15 nitrogen and oxygen atoms in total. The van der Waals surface area contributed by atoms with E-state index in [0.29, 0.717) is 57.1 Å². The van der Waals surface area contributed by atoms with E-state index in [-0.39, 0.29) is 52.7 Å². The van der Waals surface area contributed by atoms with Gasteiger partial charge in [0.25, 0.3) is 0 Å². The van der Waals surface area contributed by atoms with E-state index in [1.165, 1.54) is 27.8 Å². The number of nitrogens with zero attached hydrogens (tertiary/aromatic N) is 11. The van der Waals surface area contributed by atoms with Gasteiger partial charge < -0.3 is 9.80 Å². The van der Waals surface area contributed by atoms with Gasteiger partial charge in [-0.1, -0.05) is 96.3 Å². The van der Waals surface area contributed by atoms with Gasteiger partial charge >= 0.3 is 0 Å². The summed E-state index contributed by atoms with van der Waals surface area (Å²) in [7, 11) is 0. The van der Waals surface area contributed by atoms with Crippen LogP contribution in [0.5, 0.6) is 0 Å². The second-order valence-corrected chi connectivity index (χ2v) is 28.3. The maximum atomic E-state index is 14.2. The zero-order valence-corrected chi connectivity index (χ0v) is 55.1. The fourth-order valence-electron chi connectivity index (χ4n) is 16.1. The first-order valence-corrected chi connectivity index (χ1v) is 35.0. The van der Waals surface area contributed by atoms with Gasteiger partial charge in [-0.3, -0.25) is 19.2 Å².